The summed E-state index contributed by atoms with van der Waals surface area (Å²) in [5.41, 5.74) is 0. The van der Waals surface area contributed by atoms with Crippen molar-refractivity contribution in [2.75, 3.05) is 13.2 Å². The summed E-state index contributed by atoms with van der Waals surface area (Å²) in [6.45, 7) is -0.0312. The summed E-state index contributed by atoms with van der Waals surface area (Å²) >= 11 is 59.9. The Morgan fingerprint density at radius 1 is 0.346 bits per heavy atom. The van der Waals surface area contributed by atoms with Crippen LogP contribution in [0.3, 0.4) is 0 Å². The van der Waals surface area contributed by atoms with Crippen molar-refractivity contribution >= 4 is 116 Å². The Bertz CT molecular complexity index is 738. The van der Waals surface area contributed by atoms with E-state index in [4.69, 9.17) is 125 Å². The normalized spacial score (nSPS) is 11.0. The Kier molecular flexibility index (Phi) is 8.60. The van der Waals surface area contributed by atoms with E-state index in [1.807, 2.05) is 0 Å². The SMILES string of the molecule is Clc1c(Cl)c(Cl)c(OCCOc2c(Cl)c(Cl)c(Cl)c(Cl)c2Cl)c(Cl)c1Cl. The molecule has 142 valence electrons. The van der Waals surface area contributed by atoms with Gasteiger partial charge in [-0.1, -0.05) is 116 Å². The maximum absolute atomic E-state index is 6.06. The molecule has 2 rings (SSSR count). The van der Waals surface area contributed by atoms with Gasteiger partial charge in [-0.3, -0.25) is 0 Å². The third-order valence-electron chi connectivity index (χ3n) is 2.92. The van der Waals surface area contributed by atoms with Gasteiger partial charge in [-0.2, -0.15) is 0 Å². The molecule has 0 saturated carbocycles. The Morgan fingerprint density at radius 2 is 0.538 bits per heavy atom. The maximum atomic E-state index is 6.06. The van der Waals surface area contributed by atoms with Gasteiger partial charge in [0, 0.05) is 0 Å². The van der Waals surface area contributed by atoms with Crippen LogP contribution in [0.5, 0.6) is 11.5 Å². The summed E-state index contributed by atoms with van der Waals surface area (Å²) in [7, 11) is 0. The van der Waals surface area contributed by atoms with E-state index in [-0.39, 0.29) is 74.9 Å². The zero-order chi connectivity index (χ0) is 19.8. The molecule has 0 radical (unpaired) electrons. The van der Waals surface area contributed by atoms with Crippen LogP contribution in [0, 0.1) is 0 Å². The van der Waals surface area contributed by atoms with E-state index in [0.717, 1.165) is 0 Å². The maximum Gasteiger partial charge on any atom is 0.159 e. The molecule has 0 aliphatic carbocycles. The molecule has 0 aliphatic heterocycles. The third-order valence-corrected chi connectivity index (χ3v) is 7.40. The highest BCUT2D eigenvalue weighted by molar-refractivity contribution is 6.56. The quantitative estimate of drug-likeness (QED) is 0.207. The lowest BCUT2D eigenvalue weighted by molar-refractivity contribution is 0.217. The van der Waals surface area contributed by atoms with E-state index in [1.54, 1.807) is 0 Å². The molecular weight excluding hydrogens is 555 g/mol. The van der Waals surface area contributed by atoms with Crippen molar-refractivity contribution in [3.05, 3.63) is 50.2 Å². The van der Waals surface area contributed by atoms with E-state index < -0.39 is 0 Å². The predicted octanol–water partition coefficient (Wildman–Crippen LogP) is 9.68. The first-order valence-electron chi connectivity index (χ1n) is 6.38. The Labute approximate surface area is 198 Å². The van der Waals surface area contributed by atoms with E-state index in [9.17, 15) is 0 Å². The average molecular weight is 559 g/mol. The zero-order valence-corrected chi connectivity index (χ0v) is 19.6. The van der Waals surface area contributed by atoms with Crippen LogP contribution in [0.1, 0.15) is 0 Å². The van der Waals surface area contributed by atoms with E-state index in [2.05, 4.69) is 0 Å². The Hall–Kier alpha value is 0.940. The van der Waals surface area contributed by atoms with Gasteiger partial charge in [0.1, 0.15) is 33.3 Å². The molecule has 0 fully saturated rings. The first-order chi connectivity index (χ1) is 12.1. The highest BCUT2D eigenvalue weighted by Crippen LogP contribution is 2.49. The molecule has 2 aromatic rings. The van der Waals surface area contributed by atoms with Gasteiger partial charge < -0.3 is 9.47 Å². The summed E-state index contributed by atoms with van der Waals surface area (Å²) < 4.78 is 11.0. The molecule has 0 unspecified atom stereocenters. The fourth-order valence-electron chi connectivity index (χ4n) is 1.71. The van der Waals surface area contributed by atoms with Crippen LogP contribution in [0.2, 0.25) is 50.2 Å². The van der Waals surface area contributed by atoms with Crippen molar-refractivity contribution in [1.82, 2.24) is 0 Å². The smallest absolute Gasteiger partial charge is 0.159 e. The molecule has 0 aromatic heterocycles. The van der Waals surface area contributed by atoms with E-state index >= 15 is 0 Å². The lowest BCUT2D eigenvalue weighted by Crippen LogP contribution is -2.10. The summed E-state index contributed by atoms with van der Waals surface area (Å²) in [6, 6.07) is 0. The first-order valence-corrected chi connectivity index (χ1v) is 10.2. The van der Waals surface area contributed by atoms with Crippen molar-refractivity contribution < 1.29 is 9.47 Å². The molecule has 0 heterocycles. The van der Waals surface area contributed by atoms with E-state index in [0.29, 0.717) is 0 Å². The minimum absolute atomic E-state index is 0.0136. The van der Waals surface area contributed by atoms with Gasteiger partial charge in [-0.25, -0.2) is 0 Å². The molecule has 26 heavy (non-hydrogen) atoms. The van der Waals surface area contributed by atoms with Crippen LogP contribution in [-0.4, -0.2) is 13.2 Å². The predicted molar refractivity (Wildman–Crippen MR) is 114 cm³/mol. The monoisotopic (exact) mass is 554 g/mol. The average Bonchev–Trinajstić information content (AvgIpc) is 2.63. The van der Waals surface area contributed by atoms with Gasteiger partial charge in [-0.05, 0) is 0 Å². The zero-order valence-electron chi connectivity index (χ0n) is 12.0. The Morgan fingerprint density at radius 3 is 0.769 bits per heavy atom. The topological polar surface area (TPSA) is 18.5 Å². The molecule has 0 amide bonds. The van der Waals surface area contributed by atoms with Crippen LogP contribution in [0.15, 0.2) is 0 Å². The largest absolute Gasteiger partial charge is 0.487 e. The lowest BCUT2D eigenvalue weighted by atomic mass is 10.3. The van der Waals surface area contributed by atoms with Gasteiger partial charge >= 0.3 is 0 Å². The van der Waals surface area contributed by atoms with Crippen LogP contribution in [-0.2, 0) is 0 Å². The highest BCUT2D eigenvalue weighted by Gasteiger charge is 2.22. The lowest BCUT2D eigenvalue weighted by Gasteiger charge is -2.16. The second-order valence-corrected chi connectivity index (χ2v) is 8.27. The van der Waals surface area contributed by atoms with Crippen LogP contribution in [0.4, 0.5) is 0 Å². The molecule has 2 nitrogen and oxygen atoms in total. The van der Waals surface area contributed by atoms with Gasteiger partial charge in [0.25, 0.3) is 0 Å². The second-order valence-electron chi connectivity index (χ2n) is 4.49. The minimum Gasteiger partial charge on any atom is -0.487 e. The van der Waals surface area contributed by atoms with Crippen LogP contribution < -0.4 is 9.47 Å². The highest BCUT2D eigenvalue weighted by atomic mass is 35.5. The molecule has 2 aromatic carbocycles. The molecule has 0 atom stereocenters. The summed E-state index contributed by atoms with van der Waals surface area (Å²) in [5.74, 6) is 0.112. The summed E-state index contributed by atoms with van der Waals surface area (Å²) in [6.07, 6.45) is 0. The second kappa shape index (κ2) is 9.63. The van der Waals surface area contributed by atoms with Gasteiger partial charge in [-0.15, -0.1) is 0 Å². The van der Waals surface area contributed by atoms with Gasteiger partial charge in [0.2, 0.25) is 0 Å². The summed E-state index contributed by atoms with van der Waals surface area (Å²) in [4.78, 5) is 0. The number of halogens is 10. The molecule has 0 bridgehead atoms. The number of hydrogen-bond donors (Lipinski definition) is 0. The number of benzene rings is 2. The van der Waals surface area contributed by atoms with E-state index in [1.165, 1.54) is 0 Å². The Balaban J connectivity index is 2.14. The minimum atomic E-state index is -0.0156. The molecule has 0 spiro atoms. The van der Waals surface area contributed by atoms with Crippen molar-refractivity contribution in [2.24, 2.45) is 0 Å². The van der Waals surface area contributed by atoms with Crippen molar-refractivity contribution in [3.63, 3.8) is 0 Å². The van der Waals surface area contributed by atoms with Crippen LogP contribution >= 0.6 is 116 Å². The standard InChI is InChI=1S/C14H4Cl10O2/c15-3-5(17)9(21)13(10(22)6(3)18)25-1-2-26-14-11(23)7(19)4(16)8(20)12(14)24/h1-2H2. The van der Waals surface area contributed by atoms with Gasteiger partial charge in [0.05, 0.1) is 30.1 Å². The fourth-order valence-corrected chi connectivity index (χ4v) is 4.17. The first kappa shape index (κ1) is 23.2. The molecule has 0 N–H and O–H groups in total. The number of hydrogen-bond acceptors (Lipinski definition) is 2. The molecular formula is C14H4Cl10O2. The number of rotatable bonds is 5. The molecule has 12 heteroatoms. The van der Waals surface area contributed by atoms with Crippen LogP contribution in [0.25, 0.3) is 0 Å². The molecule has 0 aliphatic rings. The number of ether oxygens (including phenoxy) is 2. The molecule has 0 saturated heterocycles. The van der Waals surface area contributed by atoms with Crippen molar-refractivity contribution in [3.8, 4) is 11.5 Å². The van der Waals surface area contributed by atoms with Crippen molar-refractivity contribution in [2.45, 2.75) is 0 Å². The fraction of sp³-hybridized carbons (Fsp3) is 0.143. The van der Waals surface area contributed by atoms with Crippen molar-refractivity contribution in [1.29, 1.82) is 0 Å². The summed E-state index contributed by atoms with van der Waals surface area (Å²) in [5, 5.41) is 0.162. The van der Waals surface area contributed by atoms with Gasteiger partial charge in [0.15, 0.2) is 11.5 Å². The third kappa shape index (κ3) is 4.57.